The Balaban J connectivity index is 1.40. The molecule has 2 aromatic carbocycles. The maximum atomic E-state index is 12.5. The Morgan fingerprint density at radius 1 is 1.04 bits per heavy atom. The smallest absolute Gasteiger partial charge is 0.257 e. The zero-order valence-corrected chi connectivity index (χ0v) is 16.8. The third-order valence-electron chi connectivity index (χ3n) is 3.84. The Kier molecular flexibility index (Phi) is 5.23. The molecule has 2 aromatic heterocycles. The van der Waals surface area contributed by atoms with Gasteiger partial charge in [0.1, 0.15) is 0 Å². The van der Waals surface area contributed by atoms with Gasteiger partial charge in [-0.1, -0.05) is 16.9 Å². The quantitative estimate of drug-likeness (QED) is 0.488. The SMILES string of the molecule is Cc1csc(Sc2ccc(NC(=O)c3ccc(-c4nc(C)no4)cc3)cc2)n1. The average Bonchev–Trinajstić information content (AvgIpc) is 3.31. The molecule has 6 nitrogen and oxygen atoms in total. The van der Waals surface area contributed by atoms with Gasteiger partial charge in [0.25, 0.3) is 11.8 Å². The van der Waals surface area contributed by atoms with E-state index in [-0.39, 0.29) is 5.91 Å². The van der Waals surface area contributed by atoms with E-state index in [1.165, 1.54) is 0 Å². The zero-order chi connectivity index (χ0) is 19.5. The minimum absolute atomic E-state index is 0.177. The van der Waals surface area contributed by atoms with E-state index >= 15 is 0 Å². The van der Waals surface area contributed by atoms with Crippen LogP contribution >= 0.6 is 23.1 Å². The molecule has 0 spiro atoms. The van der Waals surface area contributed by atoms with Gasteiger partial charge >= 0.3 is 0 Å². The van der Waals surface area contributed by atoms with Crippen molar-refractivity contribution in [2.45, 2.75) is 23.1 Å². The fraction of sp³-hybridized carbons (Fsp3) is 0.100. The fourth-order valence-corrected chi connectivity index (χ4v) is 4.28. The predicted octanol–water partition coefficient (Wildman–Crippen LogP) is 5.21. The zero-order valence-electron chi connectivity index (χ0n) is 15.2. The summed E-state index contributed by atoms with van der Waals surface area (Å²) in [5, 5.41) is 8.70. The molecule has 4 aromatic rings. The van der Waals surface area contributed by atoms with Gasteiger partial charge in [-0.05, 0) is 62.4 Å². The topological polar surface area (TPSA) is 80.9 Å². The minimum atomic E-state index is -0.177. The second-order valence-corrected chi connectivity index (χ2v) is 8.24. The van der Waals surface area contributed by atoms with Crippen molar-refractivity contribution in [3.05, 3.63) is 71.0 Å². The Bertz CT molecular complexity index is 1100. The van der Waals surface area contributed by atoms with Crippen LogP contribution in [0, 0.1) is 13.8 Å². The van der Waals surface area contributed by atoms with E-state index in [9.17, 15) is 4.79 Å². The number of thiazole rings is 1. The summed E-state index contributed by atoms with van der Waals surface area (Å²) in [7, 11) is 0. The number of rotatable bonds is 5. The number of aryl methyl sites for hydroxylation is 2. The van der Waals surface area contributed by atoms with E-state index in [1.54, 1.807) is 54.3 Å². The lowest BCUT2D eigenvalue weighted by molar-refractivity contribution is 0.102. The number of amides is 1. The number of carbonyl (C=O) groups is 1. The lowest BCUT2D eigenvalue weighted by Gasteiger charge is -2.06. The van der Waals surface area contributed by atoms with Gasteiger partial charge in [0.15, 0.2) is 10.2 Å². The summed E-state index contributed by atoms with van der Waals surface area (Å²) in [6.07, 6.45) is 0. The second-order valence-electron chi connectivity index (χ2n) is 6.06. The molecule has 8 heteroatoms. The molecule has 0 saturated heterocycles. The predicted molar refractivity (Wildman–Crippen MR) is 110 cm³/mol. The Morgan fingerprint density at radius 3 is 2.39 bits per heavy atom. The number of benzene rings is 2. The lowest BCUT2D eigenvalue weighted by Crippen LogP contribution is -2.11. The largest absolute Gasteiger partial charge is 0.334 e. The van der Waals surface area contributed by atoms with Crippen LogP contribution in [0.1, 0.15) is 21.9 Å². The molecular formula is C20H16N4O2S2. The van der Waals surface area contributed by atoms with Crippen LogP contribution in [0.2, 0.25) is 0 Å². The van der Waals surface area contributed by atoms with Crippen LogP contribution in [0.4, 0.5) is 5.69 Å². The summed E-state index contributed by atoms with van der Waals surface area (Å²) in [5.41, 5.74) is 3.09. The van der Waals surface area contributed by atoms with Crippen molar-refractivity contribution in [3.63, 3.8) is 0 Å². The molecule has 0 atom stereocenters. The molecule has 0 bridgehead atoms. The number of hydrogen-bond acceptors (Lipinski definition) is 7. The third-order valence-corrected chi connectivity index (χ3v) is 5.90. The Labute approximate surface area is 170 Å². The third kappa shape index (κ3) is 4.29. The second kappa shape index (κ2) is 7.95. The summed E-state index contributed by atoms with van der Waals surface area (Å²) in [6, 6.07) is 14.8. The molecule has 28 heavy (non-hydrogen) atoms. The van der Waals surface area contributed by atoms with E-state index in [4.69, 9.17) is 4.52 Å². The molecule has 1 amide bonds. The molecule has 0 aliphatic heterocycles. The number of nitrogens with one attached hydrogen (secondary N) is 1. The number of carbonyl (C=O) groups excluding carboxylic acids is 1. The van der Waals surface area contributed by atoms with Crippen molar-refractivity contribution < 1.29 is 9.32 Å². The van der Waals surface area contributed by atoms with Crippen LogP contribution in [0.3, 0.4) is 0 Å². The molecule has 0 unspecified atom stereocenters. The maximum absolute atomic E-state index is 12.5. The van der Waals surface area contributed by atoms with Crippen molar-refractivity contribution in [3.8, 4) is 11.5 Å². The van der Waals surface area contributed by atoms with E-state index in [0.29, 0.717) is 17.3 Å². The van der Waals surface area contributed by atoms with Crippen LogP contribution in [0.15, 0.2) is 67.7 Å². The van der Waals surface area contributed by atoms with Crippen molar-refractivity contribution in [2.75, 3.05) is 5.32 Å². The van der Waals surface area contributed by atoms with Crippen molar-refractivity contribution in [2.24, 2.45) is 0 Å². The molecule has 0 saturated carbocycles. The first kappa shape index (κ1) is 18.4. The van der Waals surface area contributed by atoms with E-state index in [0.717, 1.165) is 26.2 Å². The molecule has 0 radical (unpaired) electrons. The summed E-state index contributed by atoms with van der Waals surface area (Å²) in [4.78, 5) is 22.2. The van der Waals surface area contributed by atoms with Gasteiger partial charge in [-0.25, -0.2) is 4.98 Å². The summed E-state index contributed by atoms with van der Waals surface area (Å²) in [5.74, 6) is 0.834. The van der Waals surface area contributed by atoms with Crippen molar-refractivity contribution >= 4 is 34.7 Å². The van der Waals surface area contributed by atoms with Gasteiger partial charge < -0.3 is 9.84 Å². The first-order valence-corrected chi connectivity index (χ1v) is 10.2. The Morgan fingerprint density at radius 2 is 1.79 bits per heavy atom. The minimum Gasteiger partial charge on any atom is -0.334 e. The molecule has 0 aliphatic rings. The standard InChI is InChI=1S/C20H16N4O2S2/c1-12-11-27-20(21-12)28-17-9-7-16(8-10-17)23-18(25)14-3-5-15(6-4-14)19-22-13(2)24-26-19/h3-11H,1-2H3,(H,23,25). The molecule has 4 rings (SSSR count). The van der Waals surface area contributed by atoms with Crippen LogP contribution in [0.25, 0.3) is 11.5 Å². The van der Waals surface area contributed by atoms with Gasteiger partial charge in [0.05, 0.1) is 0 Å². The molecular weight excluding hydrogens is 392 g/mol. The van der Waals surface area contributed by atoms with E-state index in [2.05, 4.69) is 20.4 Å². The first-order chi connectivity index (χ1) is 13.6. The lowest BCUT2D eigenvalue weighted by atomic mass is 10.1. The van der Waals surface area contributed by atoms with E-state index < -0.39 is 0 Å². The first-order valence-electron chi connectivity index (χ1n) is 8.49. The fourth-order valence-electron chi connectivity index (χ4n) is 2.47. The highest BCUT2D eigenvalue weighted by Crippen LogP contribution is 2.31. The van der Waals surface area contributed by atoms with Gasteiger partial charge in [0, 0.05) is 32.8 Å². The molecule has 0 aliphatic carbocycles. The molecule has 0 fully saturated rings. The van der Waals surface area contributed by atoms with Gasteiger partial charge in [-0.15, -0.1) is 11.3 Å². The number of nitrogens with zero attached hydrogens (tertiary/aromatic N) is 3. The highest BCUT2D eigenvalue weighted by molar-refractivity contribution is 8.01. The van der Waals surface area contributed by atoms with Crippen LogP contribution in [0.5, 0.6) is 0 Å². The van der Waals surface area contributed by atoms with Crippen LogP contribution in [-0.2, 0) is 0 Å². The number of anilines is 1. The summed E-state index contributed by atoms with van der Waals surface area (Å²) < 4.78 is 6.14. The Hall–Kier alpha value is -2.97. The van der Waals surface area contributed by atoms with Gasteiger partial charge in [-0.3, -0.25) is 4.79 Å². The van der Waals surface area contributed by atoms with Crippen LogP contribution in [-0.4, -0.2) is 21.0 Å². The van der Waals surface area contributed by atoms with Crippen molar-refractivity contribution in [1.29, 1.82) is 0 Å². The summed E-state index contributed by atoms with van der Waals surface area (Å²) >= 11 is 3.23. The molecule has 2 heterocycles. The van der Waals surface area contributed by atoms with Crippen LogP contribution < -0.4 is 5.32 Å². The van der Waals surface area contributed by atoms with Crippen molar-refractivity contribution in [1.82, 2.24) is 15.1 Å². The number of hydrogen-bond donors (Lipinski definition) is 1. The van der Waals surface area contributed by atoms with E-state index in [1.807, 2.05) is 36.6 Å². The van der Waals surface area contributed by atoms with Gasteiger partial charge in [-0.2, -0.15) is 4.98 Å². The summed E-state index contributed by atoms with van der Waals surface area (Å²) in [6.45, 7) is 3.74. The molecule has 1 N–H and O–H groups in total. The number of aromatic nitrogens is 3. The maximum Gasteiger partial charge on any atom is 0.257 e. The normalized spacial score (nSPS) is 10.8. The highest BCUT2D eigenvalue weighted by Gasteiger charge is 2.10. The average molecular weight is 409 g/mol. The molecule has 140 valence electrons. The monoisotopic (exact) mass is 408 g/mol. The van der Waals surface area contributed by atoms with Gasteiger partial charge in [0.2, 0.25) is 0 Å². The highest BCUT2D eigenvalue weighted by atomic mass is 32.2.